The third-order valence-electron chi connectivity index (χ3n) is 2.63. The second-order valence-corrected chi connectivity index (χ2v) is 5.50. The summed E-state index contributed by atoms with van der Waals surface area (Å²) in [6.45, 7) is 0.0852. The van der Waals surface area contributed by atoms with Crippen LogP contribution in [0.1, 0.15) is 11.1 Å². The van der Waals surface area contributed by atoms with Gasteiger partial charge in [-0.05, 0) is 18.2 Å². The van der Waals surface area contributed by atoms with Crippen molar-refractivity contribution in [3.05, 3.63) is 62.3 Å². The van der Waals surface area contributed by atoms with E-state index in [1.807, 2.05) is 0 Å². The van der Waals surface area contributed by atoms with Crippen molar-refractivity contribution >= 4 is 46.4 Å². The summed E-state index contributed by atoms with van der Waals surface area (Å²) in [6.07, 6.45) is 0. The van der Waals surface area contributed by atoms with Crippen LogP contribution in [-0.4, -0.2) is 0 Å². The molecule has 2 aromatic rings. The molecule has 0 heterocycles. The Morgan fingerprint density at radius 3 is 2.50 bits per heavy atom. The van der Waals surface area contributed by atoms with Gasteiger partial charge in [-0.1, -0.05) is 46.9 Å². The molecule has 0 N–H and O–H groups in total. The van der Waals surface area contributed by atoms with E-state index in [2.05, 4.69) is 0 Å². The third-order valence-corrected chi connectivity index (χ3v) is 3.84. The Morgan fingerprint density at radius 2 is 1.80 bits per heavy atom. The summed E-state index contributed by atoms with van der Waals surface area (Å²) in [5.74, 6) is 0.130. The normalized spacial score (nSPS) is 10.7. The van der Waals surface area contributed by atoms with Crippen LogP contribution in [0, 0.1) is 5.82 Å². The maximum atomic E-state index is 13.3. The van der Waals surface area contributed by atoms with Crippen LogP contribution in [0.4, 0.5) is 4.39 Å². The lowest BCUT2D eigenvalue weighted by atomic mass is 10.2. The van der Waals surface area contributed by atoms with Gasteiger partial charge in [0.15, 0.2) is 0 Å². The van der Waals surface area contributed by atoms with Crippen LogP contribution in [0.2, 0.25) is 15.1 Å². The minimum absolute atomic E-state index is 0.0324. The zero-order valence-corrected chi connectivity index (χ0v) is 13.1. The Hall–Kier alpha value is -0.670. The van der Waals surface area contributed by atoms with Gasteiger partial charge >= 0.3 is 0 Å². The Bertz CT molecular complexity index is 631. The predicted molar refractivity (Wildman–Crippen MR) is 81.8 cm³/mol. The van der Waals surface area contributed by atoms with Gasteiger partial charge in [-0.15, -0.1) is 11.6 Å². The first-order valence-electron chi connectivity index (χ1n) is 5.62. The van der Waals surface area contributed by atoms with Gasteiger partial charge in [-0.25, -0.2) is 4.39 Å². The van der Waals surface area contributed by atoms with Gasteiger partial charge in [0.1, 0.15) is 18.2 Å². The number of ether oxygens (including phenoxy) is 1. The van der Waals surface area contributed by atoms with Crippen molar-refractivity contribution in [2.24, 2.45) is 0 Å². The van der Waals surface area contributed by atoms with Crippen LogP contribution in [-0.2, 0) is 12.5 Å². The molecule has 0 spiro atoms. The van der Waals surface area contributed by atoms with Crippen molar-refractivity contribution in [1.82, 2.24) is 0 Å². The minimum atomic E-state index is -0.493. The molecule has 0 atom stereocenters. The van der Waals surface area contributed by atoms with Crippen molar-refractivity contribution in [3.63, 3.8) is 0 Å². The highest BCUT2D eigenvalue weighted by Crippen LogP contribution is 2.34. The van der Waals surface area contributed by atoms with Crippen LogP contribution in [0.15, 0.2) is 30.3 Å². The molecular weight excluding hydrogens is 345 g/mol. The van der Waals surface area contributed by atoms with E-state index < -0.39 is 5.82 Å². The summed E-state index contributed by atoms with van der Waals surface area (Å²) in [5.41, 5.74) is 1.19. The summed E-state index contributed by atoms with van der Waals surface area (Å²) < 4.78 is 18.9. The van der Waals surface area contributed by atoms with E-state index in [9.17, 15) is 4.39 Å². The van der Waals surface area contributed by atoms with Gasteiger partial charge in [-0.2, -0.15) is 0 Å². The molecule has 106 valence electrons. The van der Waals surface area contributed by atoms with Crippen molar-refractivity contribution in [1.29, 1.82) is 0 Å². The van der Waals surface area contributed by atoms with E-state index in [0.29, 0.717) is 26.9 Å². The third kappa shape index (κ3) is 3.50. The van der Waals surface area contributed by atoms with Gasteiger partial charge in [0.2, 0.25) is 0 Å². The zero-order valence-electron chi connectivity index (χ0n) is 10.1. The van der Waals surface area contributed by atoms with Crippen molar-refractivity contribution in [2.75, 3.05) is 0 Å². The van der Waals surface area contributed by atoms with Crippen molar-refractivity contribution < 1.29 is 9.13 Å². The standard InChI is InChI=1S/C14H9Cl4FO/c15-6-9-4-10(16)5-11(17)14(9)20-7-8-2-1-3-12(19)13(8)18/h1-5H,6-7H2. The van der Waals surface area contributed by atoms with Gasteiger partial charge in [0.25, 0.3) is 0 Å². The second kappa shape index (κ2) is 6.86. The van der Waals surface area contributed by atoms with E-state index >= 15 is 0 Å². The second-order valence-electron chi connectivity index (χ2n) is 4.01. The van der Waals surface area contributed by atoms with Crippen molar-refractivity contribution in [3.8, 4) is 5.75 Å². The predicted octanol–water partition coefficient (Wildman–Crippen LogP) is 6.10. The molecule has 0 aliphatic rings. The number of halogens is 5. The topological polar surface area (TPSA) is 9.23 Å². The molecule has 0 aliphatic heterocycles. The van der Waals surface area contributed by atoms with E-state index in [4.69, 9.17) is 51.1 Å². The average molecular weight is 354 g/mol. The molecule has 20 heavy (non-hydrogen) atoms. The molecule has 0 unspecified atom stereocenters. The fourth-order valence-corrected chi connectivity index (χ4v) is 2.65. The van der Waals surface area contributed by atoms with E-state index in [0.717, 1.165) is 0 Å². The van der Waals surface area contributed by atoms with Crippen LogP contribution < -0.4 is 4.74 Å². The number of hydrogen-bond donors (Lipinski definition) is 0. The number of hydrogen-bond acceptors (Lipinski definition) is 1. The molecule has 1 nitrogen and oxygen atoms in total. The summed E-state index contributed by atoms with van der Waals surface area (Å²) in [4.78, 5) is 0. The SMILES string of the molecule is Fc1cccc(COc2c(Cl)cc(Cl)cc2CCl)c1Cl. The van der Waals surface area contributed by atoms with Gasteiger partial charge in [0.05, 0.1) is 15.9 Å². The molecule has 0 saturated carbocycles. The van der Waals surface area contributed by atoms with Gasteiger partial charge in [0, 0.05) is 16.1 Å². The summed E-state index contributed by atoms with van der Waals surface area (Å²) in [7, 11) is 0. The fraction of sp³-hybridized carbons (Fsp3) is 0.143. The van der Waals surface area contributed by atoms with Gasteiger partial charge in [-0.3, -0.25) is 0 Å². The fourth-order valence-electron chi connectivity index (χ4n) is 1.68. The number of rotatable bonds is 4. The minimum Gasteiger partial charge on any atom is -0.487 e. The summed E-state index contributed by atoms with van der Waals surface area (Å²) >= 11 is 23.7. The van der Waals surface area contributed by atoms with E-state index in [1.54, 1.807) is 24.3 Å². The highest BCUT2D eigenvalue weighted by molar-refractivity contribution is 6.36. The van der Waals surface area contributed by atoms with Crippen molar-refractivity contribution in [2.45, 2.75) is 12.5 Å². The number of alkyl halides is 1. The molecular formula is C14H9Cl4FO. The molecule has 0 aromatic heterocycles. The smallest absolute Gasteiger partial charge is 0.142 e. The molecule has 0 radical (unpaired) electrons. The first kappa shape index (κ1) is 15.7. The maximum absolute atomic E-state index is 13.3. The first-order valence-corrected chi connectivity index (χ1v) is 7.29. The highest BCUT2D eigenvalue weighted by atomic mass is 35.5. The molecule has 0 bridgehead atoms. The molecule has 2 aromatic carbocycles. The van der Waals surface area contributed by atoms with Gasteiger partial charge < -0.3 is 4.74 Å². The molecule has 2 rings (SSSR count). The first-order chi connectivity index (χ1) is 9.52. The zero-order chi connectivity index (χ0) is 14.7. The highest BCUT2D eigenvalue weighted by Gasteiger charge is 2.12. The Balaban J connectivity index is 2.25. The molecule has 0 saturated heterocycles. The summed E-state index contributed by atoms with van der Waals surface area (Å²) in [6, 6.07) is 7.75. The van der Waals surface area contributed by atoms with Crippen LogP contribution >= 0.6 is 46.4 Å². The van der Waals surface area contributed by atoms with E-state index in [-0.39, 0.29) is 17.5 Å². The average Bonchev–Trinajstić information content (AvgIpc) is 2.41. The lowest BCUT2D eigenvalue weighted by molar-refractivity contribution is 0.303. The molecule has 0 fully saturated rings. The lowest BCUT2D eigenvalue weighted by Crippen LogP contribution is -2.00. The van der Waals surface area contributed by atoms with Crippen LogP contribution in [0.3, 0.4) is 0 Å². The summed E-state index contributed by atoms with van der Waals surface area (Å²) in [5, 5.41) is 0.854. The Morgan fingerprint density at radius 1 is 1.05 bits per heavy atom. The number of benzene rings is 2. The maximum Gasteiger partial charge on any atom is 0.142 e. The monoisotopic (exact) mass is 352 g/mol. The van der Waals surface area contributed by atoms with Crippen LogP contribution in [0.25, 0.3) is 0 Å². The largest absolute Gasteiger partial charge is 0.487 e. The Kier molecular flexibility index (Phi) is 5.39. The lowest BCUT2D eigenvalue weighted by Gasteiger charge is -2.13. The quantitative estimate of drug-likeness (QED) is 0.603. The van der Waals surface area contributed by atoms with E-state index in [1.165, 1.54) is 6.07 Å². The molecule has 0 aliphatic carbocycles. The van der Waals surface area contributed by atoms with Crippen LogP contribution in [0.5, 0.6) is 5.75 Å². The Labute approximate surface area is 136 Å². The molecule has 0 amide bonds. The molecule has 6 heteroatoms.